The van der Waals surface area contributed by atoms with Crippen LogP contribution in [-0.4, -0.2) is 32.7 Å². The van der Waals surface area contributed by atoms with Crippen LogP contribution >= 0.6 is 0 Å². The third kappa shape index (κ3) is 5.31. The second-order valence-corrected chi connectivity index (χ2v) is 5.23. The fourth-order valence-corrected chi connectivity index (χ4v) is 2.05. The number of methoxy groups -OCH3 is 1. The Morgan fingerprint density at radius 3 is 2.70 bits per heavy atom. The zero-order valence-electron chi connectivity index (χ0n) is 13.0. The van der Waals surface area contributed by atoms with Crippen LogP contribution < -0.4 is 10.6 Å². The average molecular weight is 278 g/mol. The maximum atomic E-state index is 12.0. The molecule has 112 valence electrons. The lowest BCUT2D eigenvalue weighted by molar-refractivity contribution is -0.116. The number of benzene rings is 1. The lowest BCUT2D eigenvalue weighted by atomic mass is 9.98. The third-order valence-corrected chi connectivity index (χ3v) is 3.20. The summed E-state index contributed by atoms with van der Waals surface area (Å²) in [4.78, 5) is 12.0. The number of ether oxygens (including phenoxy) is 1. The minimum absolute atomic E-state index is 0.0473. The molecule has 0 bridgehead atoms. The van der Waals surface area contributed by atoms with E-state index >= 15 is 0 Å². The molecule has 20 heavy (non-hydrogen) atoms. The Hall–Kier alpha value is -1.39. The van der Waals surface area contributed by atoms with Crippen LogP contribution in [0.25, 0.3) is 0 Å². The van der Waals surface area contributed by atoms with E-state index in [1.165, 1.54) is 5.56 Å². The Morgan fingerprint density at radius 2 is 2.05 bits per heavy atom. The Morgan fingerprint density at radius 1 is 1.30 bits per heavy atom. The first-order valence-electron chi connectivity index (χ1n) is 7.15. The number of carbonyl (C=O) groups is 1. The highest BCUT2D eigenvalue weighted by Gasteiger charge is 2.11. The minimum atomic E-state index is 0.0473. The van der Waals surface area contributed by atoms with Gasteiger partial charge in [-0.25, -0.2) is 0 Å². The molecule has 1 aromatic rings. The molecule has 0 fully saturated rings. The van der Waals surface area contributed by atoms with Crippen molar-refractivity contribution in [1.82, 2.24) is 5.32 Å². The van der Waals surface area contributed by atoms with Crippen molar-refractivity contribution < 1.29 is 9.53 Å². The van der Waals surface area contributed by atoms with Crippen molar-refractivity contribution in [2.24, 2.45) is 0 Å². The van der Waals surface area contributed by atoms with Gasteiger partial charge in [0, 0.05) is 32.3 Å². The van der Waals surface area contributed by atoms with Crippen LogP contribution in [0.2, 0.25) is 0 Å². The molecule has 2 N–H and O–H groups in total. The predicted octanol–water partition coefficient (Wildman–Crippen LogP) is 2.68. The van der Waals surface area contributed by atoms with E-state index in [0.29, 0.717) is 25.5 Å². The number of para-hydroxylation sites is 1. The van der Waals surface area contributed by atoms with Crippen molar-refractivity contribution in [3.63, 3.8) is 0 Å². The van der Waals surface area contributed by atoms with Crippen molar-refractivity contribution >= 4 is 11.6 Å². The SMILES string of the molecule is COCCNCCC(=O)Nc1c(C)cccc1C(C)C. The summed E-state index contributed by atoms with van der Waals surface area (Å²) in [7, 11) is 1.67. The molecule has 0 heterocycles. The second-order valence-electron chi connectivity index (χ2n) is 5.23. The van der Waals surface area contributed by atoms with E-state index in [1.54, 1.807) is 7.11 Å². The first-order valence-corrected chi connectivity index (χ1v) is 7.15. The fraction of sp³-hybridized carbons (Fsp3) is 0.562. The molecule has 0 aliphatic heterocycles. The molecular weight excluding hydrogens is 252 g/mol. The molecule has 0 aliphatic rings. The first-order chi connectivity index (χ1) is 9.56. The van der Waals surface area contributed by atoms with Gasteiger partial charge in [-0.1, -0.05) is 32.0 Å². The number of hydrogen-bond donors (Lipinski definition) is 2. The molecule has 0 saturated carbocycles. The average Bonchev–Trinajstić information content (AvgIpc) is 2.40. The zero-order chi connectivity index (χ0) is 15.0. The van der Waals surface area contributed by atoms with E-state index in [0.717, 1.165) is 17.8 Å². The maximum Gasteiger partial charge on any atom is 0.225 e. The highest BCUT2D eigenvalue weighted by molar-refractivity contribution is 5.92. The number of rotatable bonds is 8. The molecule has 4 heteroatoms. The van der Waals surface area contributed by atoms with Crippen LogP contribution in [-0.2, 0) is 9.53 Å². The Balaban J connectivity index is 2.53. The van der Waals surface area contributed by atoms with Crippen molar-refractivity contribution in [3.05, 3.63) is 29.3 Å². The van der Waals surface area contributed by atoms with E-state index in [4.69, 9.17) is 4.74 Å². The van der Waals surface area contributed by atoms with E-state index in [-0.39, 0.29) is 5.91 Å². The topological polar surface area (TPSA) is 50.4 Å². The monoisotopic (exact) mass is 278 g/mol. The van der Waals surface area contributed by atoms with E-state index in [9.17, 15) is 4.79 Å². The normalized spacial score (nSPS) is 10.8. The van der Waals surface area contributed by atoms with Gasteiger partial charge in [0.1, 0.15) is 0 Å². The smallest absolute Gasteiger partial charge is 0.225 e. The summed E-state index contributed by atoms with van der Waals surface area (Å²) < 4.78 is 4.94. The summed E-state index contributed by atoms with van der Waals surface area (Å²) in [5, 5.41) is 6.21. The molecule has 0 atom stereocenters. The third-order valence-electron chi connectivity index (χ3n) is 3.20. The lowest BCUT2D eigenvalue weighted by Crippen LogP contribution is -2.25. The molecular formula is C16H26N2O2. The van der Waals surface area contributed by atoms with Gasteiger partial charge in [0.05, 0.1) is 6.61 Å². The van der Waals surface area contributed by atoms with Crippen molar-refractivity contribution in [2.75, 3.05) is 32.1 Å². The van der Waals surface area contributed by atoms with Gasteiger partial charge in [-0.3, -0.25) is 4.79 Å². The van der Waals surface area contributed by atoms with Crippen LogP contribution in [0.3, 0.4) is 0 Å². The predicted molar refractivity (Wildman–Crippen MR) is 83.3 cm³/mol. The summed E-state index contributed by atoms with van der Waals surface area (Å²) in [6, 6.07) is 6.13. The number of hydrogen-bond acceptors (Lipinski definition) is 3. The van der Waals surface area contributed by atoms with E-state index < -0.39 is 0 Å². The summed E-state index contributed by atoms with van der Waals surface area (Å²) in [6.07, 6.45) is 0.468. The van der Waals surface area contributed by atoms with Crippen LogP contribution in [0.5, 0.6) is 0 Å². The quantitative estimate of drug-likeness (QED) is 0.719. The molecule has 0 saturated heterocycles. The summed E-state index contributed by atoms with van der Waals surface area (Å²) in [5.74, 6) is 0.441. The number of carbonyl (C=O) groups excluding carboxylic acids is 1. The van der Waals surface area contributed by atoms with Gasteiger partial charge in [-0.05, 0) is 24.0 Å². The van der Waals surface area contributed by atoms with Crippen molar-refractivity contribution in [2.45, 2.75) is 33.1 Å². The van der Waals surface area contributed by atoms with Crippen molar-refractivity contribution in [1.29, 1.82) is 0 Å². The molecule has 0 radical (unpaired) electrons. The lowest BCUT2D eigenvalue weighted by Gasteiger charge is -2.16. The molecule has 1 rings (SSSR count). The summed E-state index contributed by atoms with van der Waals surface area (Å²) in [5.41, 5.74) is 3.26. The number of nitrogens with one attached hydrogen (secondary N) is 2. The Labute approximate surface area is 121 Å². The maximum absolute atomic E-state index is 12.0. The van der Waals surface area contributed by atoms with Gasteiger partial charge < -0.3 is 15.4 Å². The minimum Gasteiger partial charge on any atom is -0.383 e. The van der Waals surface area contributed by atoms with Crippen molar-refractivity contribution in [3.8, 4) is 0 Å². The first kappa shape index (κ1) is 16.7. The van der Waals surface area contributed by atoms with Gasteiger partial charge >= 0.3 is 0 Å². The largest absolute Gasteiger partial charge is 0.383 e. The van der Waals surface area contributed by atoms with Crippen LogP contribution in [0.4, 0.5) is 5.69 Å². The molecule has 0 aromatic heterocycles. The molecule has 1 amide bonds. The van der Waals surface area contributed by atoms with E-state index in [2.05, 4.69) is 30.5 Å². The van der Waals surface area contributed by atoms with Gasteiger partial charge in [-0.15, -0.1) is 0 Å². The highest BCUT2D eigenvalue weighted by Crippen LogP contribution is 2.27. The van der Waals surface area contributed by atoms with Gasteiger partial charge in [0.2, 0.25) is 5.91 Å². The van der Waals surface area contributed by atoms with E-state index in [1.807, 2.05) is 19.1 Å². The fourth-order valence-electron chi connectivity index (χ4n) is 2.05. The number of anilines is 1. The number of aryl methyl sites for hydroxylation is 1. The Bertz CT molecular complexity index is 430. The Kier molecular flexibility index (Phi) is 7.26. The van der Waals surface area contributed by atoms with Gasteiger partial charge in [0.15, 0.2) is 0 Å². The second kappa shape index (κ2) is 8.72. The van der Waals surface area contributed by atoms with Crippen LogP contribution in [0.15, 0.2) is 18.2 Å². The summed E-state index contributed by atoms with van der Waals surface area (Å²) >= 11 is 0. The summed E-state index contributed by atoms with van der Waals surface area (Å²) in [6.45, 7) is 8.40. The zero-order valence-corrected chi connectivity index (χ0v) is 13.0. The highest BCUT2D eigenvalue weighted by atomic mass is 16.5. The molecule has 4 nitrogen and oxygen atoms in total. The molecule has 0 unspecified atom stereocenters. The van der Waals surface area contributed by atoms with Gasteiger partial charge in [-0.2, -0.15) is 0 Å². The molecule has 0 aliphatic carbocycles. The molecule has 1 aromatic carbocycles. The van der Waals surface area contributed by atoms with Crippen LogP contribution in [0, 0.1) is 6.92 Å². The molecule has 0 spiro atoms. The standard InChI is InChI=1S/C16H26N2O2/c1-12(2)14-7-5-6-13(3)16(14)18-15(19)8-9-17-10-11-20-4/h5-7,12,17H,8-11H2,1-4H3,(H,18,19). The van der Waals surface area contributed by atoms with Gasteiger partial charge in [0.25, 0.3) is 0 Å². The van der Waals surface area contributed by atoms with Crippen LogP contribution in [0.1, 0.15) is 37.3 Å². The number of amides is 1.